The van der Waals surface area contributed by atoms with Crippen molar-refractivity contribution in [2.24, 2.45) is 5.10 Å². The number of nitrogens with zero attached hydrogens (tertiary/aromatic N) is 1. The number of esters is 1. The lowest BCUT2D eigenvalue weighted by molar-refractivity contribution is -0.136. The standard InChI is InChI=1S/C28H21BrN2O4/c29-25-14-8-7-13-24(25)26(32)35-23-17-15-20(16-18-23)19-30-31-27(33)28(34,21-9-3-1-4-10-21)22-11-5-2-6-12-22/h1-19,34H,(H,31,33)/b30-19-. The molecule has 0 aliphatic carbocycles. The fourth-order valence-electron chi connectivity index (χ4n) is 3.44. The zero-order valence-corrected chi connectivity index (χ0v) is 20.1. The molecule has 0 saturated heterocycles. The zero-order chi connectivity index (χ0) is 24.7. The minimum atomic E-state index is -1.91. The third kappa shape index (κ3) is 5.54. The molecule has 7 heteroatoms. The van der Waals surface area contributed by atoms with Crippen LogP contribution in [0, 0.1) is 0 Å². The van der Waals surface area contributed by atoms with Crippen molar-refractivity contribution in [2.75, 3.05) is 0 Å². The van der Waals surface area contributed by atoms with Crippen LogP contribution in [0.1, 0.15) is 27.0 Å². The van der Waals surface area contributed by atoms with Gasteiger partial charge in [-0.2, -0.15) is 5.10 Å². The first-order valence-electron chi connectivity index (χ1n) is 10.7. The highest BCUT2D eigenvalue weighted by Crippen LogP contribution is 2.29. The monoisotopic (exact) mass is 528 g/mol. The van der Waals surface area contributed by atoms with Gasteiger partial charge in [0.1, 0.15) is 5.75 Å². The highest BCUT2D eigenvalue weighted by Gasteiger charge is 2.39. The van der Waals surface area contributed by atoms with Crippen LogP contribution in [0.15, 0.2) is 119 Å². The van der Waals surface area contributed by atoms with Crippen LogP contribution in [0.2, 0.25) is 0 Å². The summed E-state index contributed by atoms with van der Waals surface area (Å²) >= 11 is 3.33. The van der Waals surface area contributed by atoms with Gasteiger partial charge in [0.05, 0.1) is 11.8 Å². The number of ether oxygens (including phenoxy) is 1. The molecule has 0 fully saturated rings. The Morgan fingerprint density at radius 3 is 1.91 bits per heavy atom. The van der Waals surface area contributed by atoms with Crippen LogP contribution in [-0.4, -0.2) is 23.2 Å². The van der Waals surface area contributed by atoms with E-state index in [1.54, 1.807) is 91.0 Å². The number of nitrogens with one attached hydrogen (secondary N) is 1. The summed E-state index contributed by atoms with van der Waals surface area (Å²) < 4.78 is 6.05. The van der Waals surface area contributed by atoms with E-state index in [4.69, 9.17) is 4.74 Å². The Hall–Kier alpha value is -4.07. The van der Waals surface area contributed by atoms with Gasteiger partial charge >= 0.3 is 5.97 Å². The van der Waals surface area contributed by atoms with Crippen LogP contribution < -0.4 is 10.2 Å². The van der Waals surface area contributed by atoms with Gasteiger partial charge in [0.15, 0.2) is 5.60 Å². The Kier molecular flexibility index (Phi) is 7.50. The largest absolute Gasteiger partial charge is 0.423 e. The Labute approximate surface area is 211 Å². The van der Waals surface area contributed by atoms with Gasteiger partial charge < -0.3 is 9.84 Å². The summed E-state index contributed by atoms with van der Waals surface area (Å²) in [5.41, 5.74) is 2.45. The van der Waals surface area contributed by atoms with Gasteiger partial charge in [-0.1, -0.05) is 72.8 Å². The van der Waals surface area contributed by atoms with Gasteiger partial charge in [0, 0.05) is 4.47 Å². The van der Waals surface area contributed by atoms with Crippen LogP contribution in [0.3, 0.4) is 0 Å². The molecule has 35 heavy (non-hydrogen) atoms. The van der Waals surface area contributed by atoms with E-state index in [9.17, 15) is 14.7 Å². The van der Waals surface area contributed by atoms with Crippen molar-refractivity contribution in [3.8, 4) is 5.75 Å². The van der Waals surface area contributed by atoms with E-state index in [1.807, 2.05) is 18.2 Å². The summed E-state index contributed by atoms with van der Waals surface area (Å²) in [5.74, 6) is -0.799. The molecule has 4 rings (SSSR count). The second-order valence-electron chi connectivity index (χ2n) is 7.58. The van der Waals surface area contributed by atoms with E-state index in [0.29, 0.717) is 32.5 Å². The normalized spacial score (nSPS) is 11.3. The molecule has 0 radical (unpaired) electrons. The van der Waals surface area contributed by atoms with Crippen LogP contribution >= 0.6 is 15.9 Å². The number of rotatable bonds is 7. The molecule has 174 valence electrons. The highest BCUT2D eigenvalue weighted by atomic mass is 79.9. The number of hydrogen-bond acceptors (Lipinski definition) is 5. The Morgan fingerprint density at radius 2 is 1.34 bits per heavy atom. The van der Waals surface area contributed by atoms with Gasteiger partial charge in [-0.05, 0) is 69.0 Å². The van der Waals surface area contributed by atoms with E-state index in [1.165, 1.54) is 6.21 Å². The van der Waals surface area contributed by atoms with Crippen molar-refractivity contribution in [1.29, 1.82) is 0 Å². The number of carbonyl (C=O) groups is 2. The number of hydrogen-bond donors (Lipinski definition) is 2. The molecule has 2 N–H and O–H groups in total. The van der Waals surface area contributed by atoms with Gasteiger partial charge in [-0.3, -0.25) is 4.79 Å². The molecule has 0 aliphatic rings. The predicted molar refractivity (Wildman–Crippen MR) is 137 cm³/mol. The summed E-state index contributed by atoms with van der Waals surface area (Å²) in [6.45, 7) is 0. The molecule has 6 nitrogen and oxygen atoms in total. The molecule has 0 saturated carbocycles. The van der Waals surface area contributed by atoms with E-state index in [2.05, 4.69) is 26.5 Å². The summed E-state index contributed by atoms with van der Waals surface area (Å²) in [6.07, 6.45) is 1.44. The number of aliphatic hydroxyl groups is 1. The van der Waals surface area contributed by atoms with Gasteiger partial charge in [0.25, 0.3) is 5.91 Å². The van der Waals surface area contributed by atoms with Crippen molar-refractivity contribution in [3.63, 3.8) is 0 Å². The van der Waals surface area contributed by atoms with E-state index < -0.39 is 17.5 Å². The van der Waals surface area contributed by atoms with Crippen LogP contribution in [-0.2, 0) is 10.4 Å². The summed E-state index contributed by atoms with van der Waals surface area (Å²) in [4.78, 5) is 25.4. The molecule has 0 atom stereocenters. The number of benzene rings is 4. The second kappa shape index (κ2) is 10.9. The minimum absolute atomic E-state index is 0.370. The summed E-state index contributed by atoms with van der Waals surface area (Å²) in [6, 6.07) is 31.0. The van der Waals surface area contributed by atoms with Crippen LogP contribution in [0.4, 0.5) is 0 Å². The second-order valence-corrected chi connectivity index (χ2v) is 8.43. The quantitative estimate of drug-likeness (QED) is 0.152. The predicted octanol–water partition coefficient (Wildman–Crippen LogP) is 5.05. The maximum absolute atomic E-state index is 13.1. The Bertz CT molecular complexity index is 1300. The van der Waals surface area contributed by atoms with E-state index in [0.717, 1.165) is 0 Å². The Morgan fingerprint density at radius 1 is 0.800 bits per heavy atom. The summed E-state index contributed by atoms with van der Waals surface area (Å²) in [7, 11) is 0. The summed E-state index contributed by atoms with van der Waals surface area (Å²) in [5, 5.41) is 15.4. The zero-order valence-electron chi connectivity index (χ0n) is 18.5. The number of halogens is 1. The molecule has 0 bridgehead atoms. The average Bonchev–Trinajstić information content (AvgIpc) is 2.90. The number of amides is 1. The first kappa shape index (κ1) is 24.1. The number of carbonyl (C=O) groups excluding carboxylic acids is 2. The molecule has 0 unspecified atom stereocenters. The third-order valence-electron chi connectivity index (χ3n) is 5.28. The molecule has 0 spiro atoms. The van der Waals surface area contributed by atoms with Crippen molar-refractivity contribution >= 4 is 34.0 Å². The molecule has 1 amide bonds. The molecular weight excluding hydrogens is 508 g/mol. The fourth-order valence-corrected chi connectivity index (χ4v) is 3.89. The molecule has 4 aromatic rings. The molecular formula is C28H21BrN2O4. The minimum Gasteiger partial charge on any atom is -0.423 e. The first-order valence-corrected chi connectivity index (χ1v) is 11.5. The van der Waals surface area contributed by atoms with E-state index in [-0.39, 0.29) is 0 Å². The van der Waals surface area contributed by atoms with Crippen molar-refractivity contribution < 1.29 is 19.4 Å². The SMILES string of the molecule is O=C(Oc1ccc(/C=N\NC(=O)C(O)(c2ccccc2)c2ccccc2)cc1)c1ccccc1Br. The lowest BCUT2D eigenvalue weighted by Crippen LogP contribution is -2.43. The van der Waals surface area contributed by atoms with Crippen molar-refractivity contribution in [1.82, 2.24) is 5.43 Å². The maximum atomic E-state index is 13.1. The Balaban J connectivity index is 1.45. The lowest BCUT2D eigenvalue weighted by atomic mass is 9.85. The fraction of sp³-hybridized carbons (Fsp3) is 0.0357. The topological polar surface area (TPSA) is 88.0 Å². The third-order valence-corrected chi connectivity index (χ3v) is 5.97. The van der Waals surface area contributed by atoms with Gasteiger partial charge in [-0.25, -0.2) is 10.2 Å². The number of hydrazone groups is 1. The van der Waals surface area contributed by atoms with E-state index >= 15 is 0 Å². The van der Waals surface area contributed by atoms with Gasteiger partial charge in [0.2, 0.25) is 0 Å². The molecule has 4 aromatic carbocycles. The maximum Gasteiger partial charge on any atom is 0.344 e. The average molecular weight is 529 g/mol. The first-order chi connectivity index (χ1) is 17.0. The smallest absolute Gasteiger partial charge is 0.344 e. The van der Waals surface area contributed by atoms with Crippen LogP contribution in [0.25, 0.3) is 0 Å². The lowest BCUT2D eigenvalue weighted by Gasteiger charge is -2.27. The highest BCUT2D eigenvalue weighted by molar-refractivity contribution is 9.10. The van der Waals surface area contributed by atoms with Crippen molar-refractivity contribution in [3.05, 3.63) is 136 Å². The molecule has 0 aromatic heterocycles. The molecule has 0 aliphatic heterocycles. The van der Waals surface area contributed by atoms with Crippen molar-refractivity contribution in [2.45, 2.75) is 5.60 Å². The van der Waals surface area contributed by atoms with Gasteiger partial charge in [-0.15, -0.1) is 0 Å². The van der Waals surface area contributed by atoms with Crippen LogP contribution in [0.5, 0.6) is 5.75 Å². The molecule has 0 heterocycles.